The topological polar surface area (TPSA) is 56.3 Å². The van der Waals surface area contributed by atoms with Crippen molar-refractivity contribution in [1.82, 2.24) is 16.0 Å². The largest absolute Gasteiger partial charge is 0.396 e. The lowest BCUT2D eigenvalue weighted by Crippen LogP contribution is -2.37. The highest BCUT2D eigenvalue weighted by Crippen LogP contribution is 2.34. The van der Waals surface area contributed by atoms with Crippen molar-refractivity contribution in [2.75, 3.05) is 13.7 Å². The van der Waals surface area contributed by atoms with Crippen molar-refractivity contribution in [2.45, 2.75) is 70.4 Å². The molecule has 0 amide bonds. The molecular formula is C19H35N3O. The standard InChI is InChI=1S/C19H35N3O/c1-15(11-12-20-2)21-19(6-4-3-5-16-7-8-16)22-18-10-9-17(13-18)14-23/h6,11-12,15-18,20-23H,3-5,7-10,13-14H2,1-2H3/b12-11-,19-6-. The molecule has 2 rings (SSSR count). The lowest BCUT2D eigenvalue weighted by atomic mass is 10.1. The van der Waals surface area contributed by atoms with Crippen molar-refractivity contribution in [3.05, 3.63) is 24.2 Å². The Kier molecular flexibility index (Phi) is 7.80. The molecule has 3 unspecified atom stereocenters. The zero-order valence-electron chi connectivity index (χ0n) is 14.9. The minimum atomic E-state index is 0.291. The van der Waals surface area contributed by atoms with Gasteiger partial charge in [0.15, 0.2) is 0 Å². The minimum Gasteiger partial charge on any atom is -0.396 e. The van der Waals surface area contributed by atoms with Gasteiger partial charge in [0.05, 0.1) is 5.82 Å². The lowest BCUT2D eigenvalue weighted by Gasteiger charge is -2.21. The van der Waals surface area contributed by atoms with E-state index in [2.05, 4.69) is 35.0 Å². The van der Waals surface area contributed by atoms with Crippen LogP contribution in [0, 0.1) is 11.8 Å². The van der Waals surface area contributed by atoms with E-state index in [9.17, 15) is 5.11 Å². The number of allylic oxidation sites excluding steroid dienone is 1. The smallest absolute Gasteiger partial charge is 0.0952 e. The fourth-order valence-electron chi connectivity index (χ4n) is 3.34. The van der Waals surface area contributed by atoms with E-state index in [1.165, 1.54) is 25.7 Å². The molecule has 0 spiro atoms. The van der Waals surface area contributed by atoms with Gasteiger partial charge in [-0.1, -0.05) is 19.3 Å². The van der Waals surface area contributed by atoms with Gasteiger partial charge in [0.2, 0.25) is 0 Å². The Morgan fingerprint density at radius 1 is 1.22 bits per heavy atom. The second kappa shape index (κ2) is 9.86. The molecule has 0 bridgehead atoms. The Morgan fingerprint density at radius 2 is 2.00 bits per heavy atom. The van der Waals surface area contributed by atoms with Crippen LogP contribution in [0.25, 0.3) is 0 Å². The van der Waals surface area contributed by atoms with Crippen LogP contribution in [-0.4, -0.2) is 30.8 Å². The van der Waals surface area contributed by atoms with Gasteiger partial charge in [0, 0.05) is 25.7 Å². The van der Waals surface area contributed by atoms with Gasteiger partial charge in [-0.05, 0) is 69.2 Å². The molecule has 23 heavy (non-hydrogen) atoms. The van der Waals surface area contributed by atoms with E-state index in [0.717, 1.165) is 37.4 Å². The zero-order chi connectivity index (χ0) is 16.5. The summed E-state index contributed by atoms with van der Waals surface area (Å²) in [5, 5.41) is 19.6. The first-order valence-electron chi connectivity index (χ1n) is 9.39. The van der Waals surface area contributed by atoms with Gasteiger partial charge >= 0.3 is 0 Å². The average molecular weight is 322 g/mol. The summed E-state index contributed by atoms with van der Waals surface area (Å²) in [4.78, 5) is 0. The van der Waals surface area contributed by atoms with Crippen molar-refractivity contribution >= 4 is 0 Å². The molecular weight excluding hydrogens is 286 g/mol. The molecule has 0 aromatic heterocycles. The predicted octanol–water partition coefficient (Wildman–Crippen LogP) is 2.87. The summed E-state index contributed by atoms with van der Waals surface area (Å²) < 4.78 is 0. The van der Waals surface area contributed by atoms with Crippen LogP contribution in [0.1, 0.15) is 58.3 Å². The molecule has 2 aliphatic carbocycles. The number of aliphatic hydroxyl groups excluding tert-OH is 1. The zero-order valence-corrected chi connectivity index (χ0v) is 14.9. The van der Waals surface area contributed by atoms with Gasteiger partial charge in [-0.15, -0.1) is 0 Å². The first-order valence-corrected chi connectivity index (χ1v) is 9.39. The van der Waals surface area contributed by atoms with E-state index >= 15 is 0 Å². The molecule has 0 aromatic carbocycles. The van der Waals surface area contributed by atoms with E-state index in [-0.39, 0.29) is 0 Å². The first-order chi connectivity index (χ1) is 11.2. The number of aliphatic hydroxyl groups is 1. The monoisotopic (exact) mass is 321 g/mol. The van der Waals surface area contributed by atoms with Gasteiger partial charge in [-0.3, -0.25) is 0 Å². The van der Waals surface area contributed by atoms with Gasteiger partial charge < -0.3 is 21.1 Å². The summed E-state index contributed by atoms with van der Waals surface area (Å²) in [7, 11) is 1.92. The maximum absolute atomic E-state index is 9.32. The van der Waals surface area contributed by atoms with E-state index in [1.54, 1.807) is 0 Å². The van der Waals surface area contributed by atoms with Crippen LogP contribution in [0.5, 0.6) is 0 Å². The maximum atomic E-state index is 9.32. The Hall–Kier alpha value is -1.16. The summed E-state index contributed by atoms with van der Waals surface area (Å²) in [6.45, 7) is 2.49. The summed E-state index contributed by atoms with van der Waals surface area (Å²) in [6, 6.07) is 0.787. The number of rotatable bonds is 11. The first kappa shape index (κ1) is 18.2. The number of nitrogens with one attached hydrogen (secondary N) is 3. The second-order valence-corrected chi connectivity index (χ2v) is 7.28. The van der Waals surface area contributed by atoms with E-state index in [0.29, 0.717) is 24.6 Å². The quantitative estimate of drug-likeness (QED) is 0.442. The van der Waals surface area contributed by atoms with Gasteiger partial charge in [0.1, 0.15) is 0 Å². The molecule has 4 N–H and O–H groups in total. The number of hydrogen-bond acceptors (Lipinski definition) is 4. The van der Waals surface area contributed by atoms with E-state index in [4.69, 9.17) is 0 Å². The molecule has 2 aliphatic rings. The van der Waals surface area contributed by atoms with Crippen molar-refractivity contribution in [3.8, 4) is 0 Å². The molecule has 0 aliphatic heterocycles. The van der Waals surface area contributed by atoms with Gasteiger partial charge in [-0.2, -0.15) is 0 Å². The van der Waals surface area contributed by atoms with Gasteiger partial charge in [0.25, 0.3) is 0 Å². The third-order valence-corrected chi connectivity index (χ3v) is 4.96. The molecule has 4 heteroatoms. The van der Waals surface area contributed by atoms with Crippen LogP contribution in [0.15, 0.2) is 24.2 Å². The van der Waals surface area contributed by atoms with Crippen molar-refractivity contribution < 1.29 is 5.11 Å². The maximum Gasteiger partial charge on any atom is 0.0952 e. The highest BCUT2D eigenvalue weighted by atomic mass is 16.3. The Labute approximate surface area is 141 Å². The van der Waals surface area contributed by atoms with Crippen LogP contribution >= 0.6 is 0 Å². The van der Waals surface area contributed by atoms with E-state index < -0.39 is 0 Å². The fourth-order valence-corrected chi connectivity index (χ4v) is 3.34. The van der Waals surface area contributed by atoms with Crippen molar-refractivity contribution in [3.63, 3.8) is 0 Å². The summed E-state index contributed by atoms with van der Waals surface area (Å²) in [6.07, 6.45) is 16.5. The Balaban J connectivity index is 1.81. The molecule has 2 fully saturated rings. The van der Waals surface area contributed by atoms with Crippen LogP contribution in [0.4, 0.5) is 0 Å². The highest BCUT2D eigenvalue weighted by Gasteiger charge is 2.24. The average Bonchev–Trinajstić information content (AvgIpc) is 3.26. The summed E-state index contributed by atoms with van der Waals surface area (Å²) in [5.41, 5.74) is 0. The summed E-state index contributed by atoms with van der Waals surface area (Å²) >= 11 is 0. The van der Waals surface area contributed by atoms with E-state index in [1.807, 2.05) is 13.2 Å². The van der Waals surface area contributed by atoms with Crippen LogP contribution in [-0.2, 0) is 0 Å². The summed E-state index contributed by atoms with van der Waals surface area (Å²) in [5.74, 6) is 2.66. The highest BCUT2D eigenvalue weighted by molar-refractivity contribution is 5.05. The normalized spacial score (nSPS) is 26.5. The van der Waals surface area contributed by atoms with Crippen molar-refractivity contribution in [2.24, 2.45) is 11.8 Å². The SMILES string of the molecule is CN/C=C\C(C)N/C(=C/CCCC1CC1)NC1CCC(CO)C1. The molecule has 2 saturated carbocycles. The Bertz CT molecular complexity index is 390. The van der Waals surface area contributed by atoms with Crippen LogP contribution < -0.4 is 16.0 Å². The minimum absolute atomic E-state index is 0.291. The number of hydrogen-bond donors (Lipinski definition) is 4. The lowest BCUT2D eigenvalue weighted by molar-refractivity contribution is 0.227. The molecule has 0 aromatic rings. The molecule has 4 nitrogen and oxygen atoms in total. The molecule has 3 atom stereocenters. The second-order valence-electron chi connectivity index (χ2n) is 7.28. The molecule has 0 heterocycles. The Morgan fingerprint density at radius 3 is 2.65 bits per heavy atom. The molecule has 132 valence electrons. The predicted molar refractivity (Wildman–Crippen MR) is 96.8 cm³/mol. The molecule has 0 saturated heterocycles. The van der Waals surface area contributed by atoms with Crippen molar-refractivity contribution in [1.29, 1.82) is 0 Å². The molecule has 0 radical (unpaired) electrons. The van der Waals surface area contributed by atoms with Crippen LogP contribution in [0.2, 0.25) is 0 Å². The fraction of sp³-hybridized carbons (Fsp3) is 0.789. The third-order valence-electron chi connectivity index (χ3n) is 4.96. The van der Waals surface area contributed by atoms with Gasteiger partial charge in [-0.25, -0.2) is 0 Å². The van der Waals surface area contributed by atoms with Crippen LogP contribution in [0.3, 0.4) is 0 Å². The third kappa shape index (κ3) is 7.30. The number of unbranched alkanes of at least 4 members (excludes halogenated alkanes) is 1.